The summed E-state index contributed by atoms with van der Waals surface area (Å²) in [7, 11) is -3.45. The largest absolute Gasteiger partial charge is 0.338 e. The average molecular weight is 353 g/mol. The molecule has 0 bridgehead atoms. The third-order valence-corrected chi connectivity index (χ3v) is 6.08. The number of hydrogen-bond acceptors (Lipinski definition) is 3. The highest BCUT2D eigenvalue weighted by molar-refractivity contribution is 7.89. The van der Waals surface area contributed by atoms with Crippen molar-refractivity contribution in [2.75, 3.05) is 25.0 Å². The Hall–Kier alpha value is -1.60. The highest BCUT2D eigenvalue weighted by Gasteiger charge is 2.27. The van der Waals surface area contributed by atoms with Gasteiger partial charge in [-0.2, -0.15) is 4.31 Å². The van der Waals surface area contributed by atoms with Crippen LogP contribution in [0.3, 0.4) is 0 Å². The summed E-state index contributed by atoms with van der Waals surface area (Å²) in [6, 6.07) is 6.05. The number of anilines is 1. The van der Waals surface area contributed by atoms with Crippen LogP contribution in [0.1, 0.15) is 33.6 Å². The predicted octanol–water partition coefficient (Wildman–Crippen LogP) is 2.88. The van der Waals surface area contributed by atoms with Crippen LogP contribution in [-0.2, 0) is 10.0 Å². The zero-order valence-corrected chi connectivity index (χ0v) is 15.4. The molecular weight excluding hydrogens is 326 g/mol. The monoisotopic (exact) mass is 353 g/mol. The standard InChI is InChI=1S/C17H27N3O3S/c1-13(2)12-18-17(21)19-15-4-6-16(7-5-15)24(22,23)20-10-8-14(3)9-11-20/h4-7,13-14H,8-12H2,1-3H3,(H2,18,19,21). The van der Waals surface area contributed by atoms with Crippen molar-refractivity contribution in [2.45, 2.75) is 38.5 Å². The summed E-state index contributed by atoms with van der Waals surface area (Å²) in [4.78, 5) is 12.0. The number of amides is 2. The van der Waals surface area contributed by atoms with Gasteiger partial charge in [0.25, 0.3) is 0 Å². The maximum atomic E-state index is 12.6. The first-order valence-corrected chi connectivity index (χ1v) is 9.88. The fraction of sp³-hybridized carbons (Fsp3) is 0.588. The van der Waals surface area contributed by atoms with Gasteiger partial charge in [0.2, 0.25) is 10.0 Å². The van der Waals surface area contributed by atoms with Crippen LogP contribution < -0.4 is 10.6 Å². The maximum Gasteiger partial charge on any atom is 0.319 e. The lowest BCUT2D eigenvalue weighted by atomic mass is 10.0. The van der Waals surface area contributed by atoms with Crippen LogP contribution in [0, 0.1) is 11.8 Å². The SMILES string of the molecule is CC(C)CNC(=O)Nc1ccc(S(=O)(=O)N2CCC(C)CC2)cc1. The van der Waals surface area contributed by atoms with Gasteiger partial charge in [0.05, 0.1) is 4.90 Å². The van der Waals surface area contributed by atoms with Crippen LogP contribution >= 0.6 is 0 Å². The third-order valence-electron chi connectivity index (χ3n) is 4.16. The number of urea groups is 1. The normalized spacial score (nSPS) is 17.0. The van der Waals surface area contributed by atoms with E-state index in [1.165, 1.54) is 0 Å². The van der Waals surface area contributed by atoms with Crippen LogP contribution in [0.15, 0.2) is 29.2 Å². The molecule has 2 rings (SSSR count). The van der Waals surface area contributed by atoms with Crippen molar-refractivity contribution in [3.8, 4) is 0 Å². The Morgan fingerprint density at radius 3 is 2.33 bits per heavy atom. The Morgan fingerprint density at radius 2 is 1.79 bits per heavy atom. The van der Waals surface area contributed by atoms with Gasteiger partial charge >= 0.3 is 6.03 Å². The molecular formula is C17H27N3O3S. The summed E-state index contributed by atoms with van der Waals surface area (Å²) in [5.74, 6) is 0.947. The summed E-state index contributed by atoms with van der Waals surface area (Å²) in [5, 5.41) is 5.46. The van der Waals surface area contributed by atoms with Gasteiger partial charge in [-0.1, -0.05) is 20.8 Å². The molecule has 1 saturated heterocycles. The van der Waals surface area contributed by atoms with E-state index in [9.17, 15) is 13.2 Å². The second-order valence-corrected chi connectivity index (χ2v) is 8.78. The lowest BCUT2D eigenvalue weighted by Gasteiger charge is -2.29. The summed E-state index contributed by atoms with van der Waals surface area (Å²) in [6.07, 6.45) is 1.80. The van der Waals surface area contributed by atoms with Crippen molar-refractivity contribution in [2.24, 2.45) is 11.8 Å². The molecule has 6 nitrogen and oxygen atoms in total. The van der Waals surface area contributed by atoms with Gasteiger partial charge in [0, 0.05) is 25.3 Å². The molecule has 0 unspecified atom stereocenters. The first-order chi connectivity index (χ1) is 11.3. The fourth-order valence-corrected chi connectivity index (χ4v) is 4.03. The minimum absolute atomic E-state index is 0.269. The second kappa shape index (κ2) is 7.98. The van der Waals surface area contributed by atoms with E-state index in [-0.39, 0.29) is 10.9 Å². The average Bonchev–Trinajstić information content (AvgIpc) is 2.54. The maximum absolute atomic E-state index is 12.6. The second-order valence-electron chi connectivity index (χ2n) is 6.84. The summed E-state index contributed by atoms with van der Waals surface area (Å²) >= 11 is 0. The molecule has 0 spiro atoms. The van der Waals surface area contributed by atoms with E-state index in [0.717, 1.165) is 12.8 Å². The Kier molecular flexibility index (Phi) is 6.23. The van der Waals surface area contributed by atoms with Crippen LogP contribution in [0.4, 0.5) is 10.5 Å². The molecule has 1 heterocycles. The molecule has 0 atom stereocenters. The Labute approximate surface area is 144 Å². The molecule has 1 aromatic rings. The number of carbonyl (C=O) groups excluding carboxylic acids is 1. The van der Waals surface area contributed by atoms with E-state index in [2.05, 4.69) is 17.6 Å². The molecule has 0 aromatic heterocycles. The van der Waals surface area contributed by atoms with Crippen LogP contribution in [-0.4, -0.2) is 38.4 Å². The highest BCUT2D eigenvalue weighted by atomic mass is 32.2. The van der Waals surface area contributed by atoms with E-state index in [4.69, 9.17) is 0 Å². The molecule has 1 fully saturated rings. The molecule has 7 heteroatoms. The number of nitrogens with zero attached hydrogens (tertiary/aromatic N) is 1. The molecule has 0 aliphatic carbocycles. The Balaban J connectivity index is 1.99. The molecule has 1 aliphatic heterocycles. The van der Waals surface area contributed by atoms with Crippen molar-refractivity contribution in [1.29, 1.82) is 0 Å². The van der Waals surface area contributed by atoms with Gasteiger partial charge in [-0.05, 0) is 48.9 Å². The summed E-state index contributed by atoms with van der Waals surface area (Å²) in [6.45, 7) is 7.91. The summed E-state index contributed by atoms with van der Waals surface area (Å²) in [5.41, 5.74) is 0.572. The van der Waals surface area contributed by atoms with Crippen LogP contribution in [0.5, 0.6) is 0 Å². The predicted molar refractivity (Wildman–Crippen MR) is 95.5 cm³/mol. The van der Waals surface area contributed by atoms with Crippen molar-refractivity contribution < 1.29 is 13.2 Å². The van der Waals surface area contributed by atoms with Gasteiger partial charge < -0.3 is 10.6 Å². The van der Waals surface area contributed by atoms with Crippen LogP contribution in [0.2, 0.25) is 0 Å². The van der Waals surface area contributed by atoms with E-state index >= 15 is 0 Å². The number of carbonyl (C=O) groups is 1. The Morgan fingerprint density at radius 1 is 1.21 bits per heavy atom. The van der Waals surface area contributed by atoms with Gasteiger partial charge in [-0.3, -0.25) is 0 Å². The van der Waals surface area contributed by atoms with Gasteiger partial charge in [0.1, 0.15) is 0 Å². The van der Waals surface area contributed by atoms with Crippen molar-refractivity contribution in [1.82, 2.24) is 9.62 Å². The van der Waals surface area contributed by atoms with Crippen LogP contribution in [0.25, 0.3) is 0 Å². The molecule has 24 heavy (non-hydrogen) atoms. The van der Waals surface area contributed by atoms with Crippen molar-refractivity contribution in [3.05, 3.63) is 24.3 Å². The molecule has 2 N–H and O–H groups in total. The molecule has 0 radical (unpaired) electrons. The quantitative estimate of drug-likeness (QED) is 0.854. The van der Waals surface area contributed by atoms with Gasteiger partial charge in [0.15, 0.2) is 0 Å². The summed E-state index contributed by atoms with van der Waals surface area (Å²) < 4.78 is 26.8. The topological polar surface area (TPSA) is 78.5 Å². The number of rotatable bonds is 5. The zero-order valence-electron chi connectivity index (χ0n) is 14.6. The number of sulfonamides is 1. The highest BCUT2D eigenvalue weighted by Crippen LogP contribution is 2.24. The zero-order chi connectivity index (χ0) is 17.7. The molecule has 1 aliphatic rings. The minimum atomic E-state index is -3.45. The lowest BCUT2D eigenvalue weighted by Crippen LogP contribution is -2.37. The number of piperidine rings is 1. The first kappa shape index (κ1) is 18.7. The number of nitrogens with one attached hydrogen (secondary N) is 2. The fourth-order valence-electron chi connectivity index (χ4n) is 2.56. The van der Waals surface area contributed by atoms with Gasteiger partial charge in [-0.25, -0.2) is 13.2 Å². The smallest absolute Gasteiger partial charge is 0.319 e. The van der Waals surface area contributed by atoms with E-state index in [1.807, 2.05) is 13.8 Å². The molecule has 134 valence electrons. The Bertz CT molecular complexity index is 648. The number of hydrogen-bond donors (Lipinski definition) is 2. The molecule has 0 saturated carbocycles. The van der Waals surface area contributed by atoms with E-state index in [0.29, 0.717) is 37.2 Å². The third kappa shape index (κ3) is 4.95. The molecule has 2 amide bonds. The molecule has 1 aromatic carbocycles. The first-order valence-electron chi connectivity index (χ1n) is 8.44. The lowest BCUT2D eigenvalue weighted by molar-refractivity contribution is 0.251. The number of benzene rings is 1. The minimum Gasteiger partial charge on any atom is -0.338 e. The van der Waals surface area contributed by atoms with E-state index < -0.39 is 10.0 Å². The van der Waals surface area contributed by atoms with Crippen molar-refractivity contribution >= 4 is 21.7 Å². The van der Waals surface area contributed by atoms with E-state index in [1.54, 1.807) is 28.6 Å². The van der Waals surface area contributed by atoms with Crippen molar-refractivity contribution in [3.63, 3.8) is 0 Å². The van der Waals surface area contributed by atoms with Gasteiger partial charge in [-0.15, -0.1) is 0 Å².